The minimum absolute atomic E-state index is 1.08. The highest BCUT2D eigenvalue weighted by molar-refractivity contribution is 5.85. The van der Waals surface area contributed by atoms with Crippen molar-refractivity contribution in [1.29, 1.82) is 0 Å². The Morgan fingerprint density at radius 2 is 1.91 bits per heavy atom. The minimum Gasteiger partial charge on any atom is -0.365 e. The molecule has 0 aliphatic carbocycles. The van der Waals surface area contributed by atoms with Gasteiger partial charge >= 0.3 is 0 Å². The Morgan fingerprint density at radius 3 is 2.82 bits per heavy atom. The normalized spacial score (nSPS) is 13.5. The summed E-state index contributed by atoms with van der Waals surface area (Å²) in [6, 6.07) is 7.98. The topological polar surface area (TPSA) is 21.6 Å². The van der Waals surface area contributed by atoms with E-state index in [1.54, 1.807) is 12.5 Å². The number of hydrogen-bond acceptors (Lipinski definition) is 2. The lowest BCUT2D eigenvalue weighted by molar-refractivity contribution is 0.274. The molecule has 2 nitrogen and oxygen atoms in total. The van der Waals surface area contributed by atoms with E-state index in [0.29, 0.717) is 0 Å². The van der Waals surface area contributed by atoms with E-state index in [4.69, 9.17) is 4.84 Å². The molecule has 54 valence electrons. The van der Waals surface area contributed by atoms with Crippen molar-refractivity contribution in [3.05, 3.63) is 41.7 Å². The first-order valence-corrected chi connectivity index (χ1v) is 3.41. The van der Waals surface area contributed by atoms with Gasteiger partial charge in [0.2, 0.25) is 0 Å². The van der Waals surface area contributed by atoms with E-state index in [9.17, 15) is 0 Å². The zero-order chi connectivity index (χ0) is 7.52. The van der Waals surface area contributed by atoms with Crippen molar-refractivity contribution < 1.29 is 4.84 Å². The van der Waals surface area contributed by atoms with Gasteiger partial charge in [0.25, 0.3) is 0 Å². The van der Waals surface area contributed by atoms with Crippen LogP contribution in [-0.2, 0) is 4.84 Å². The van der Waals surface area contributed by atoms with Crippen LogP contribution < -0.4 is 0 Å². The zero-order valence-corrected chi connectivity index (χ0v) is 5.90. The molecule has 0 atom stereocenters. The lowest BCUT2D eigenvalue weighted by Gasteiger charge is -1.94. The summed E-state index contributed by atoms with van der Waals surface area (Å²) in [7, 11) is 0. The van der Waals surface area contributed by atoms with Gasteiger partial charge in [0, 0.05) is 5.56 Å². The fourth-order valence-electron chi connectivity index (χ4n) is 1.01. The lowest BCUT2D eigenvalue weighted by atomic mass is 10.1. The highest BCUT2D eigenvalue weighted by Gasteiger charge is 1.96. The van der Waals surface area contributed by atoms with Gasteiger partial charge in [-0.2, -0.15) is 0 Å². The number of benzene rings is 1. The van der Waals surface area contributed by atoms with Crippen LogP contribution >= 0.6 is 0 Å². The fourth-order valence-corrected chi connectivity index (χ4v) is 1.01. The Kier molecular flexibility index (Phi) is 1.44. The Hall–Kier alpha value is -1.57. The highest BCUT2D eigenvalue weighted by Crippen LogP contribution is 2.10. The average molecular weight is 145 g/mol. The van der Waals surface area contributed by atoms with Crippen LogP contribution in [0.5, 0.6) is 0 Å². The molecular weight excluding hydrogens is 138 g/mol. The number of oxime groups is 1. The van der Waals surface area contributed by atoms with Crippen molar-refractivity contribution in [1.82, 2.24) is 0 Å². The molecule has 0 aromatic heterocycles. The van der Waals surface area contributed by atoms with Crippen LogP contribution in [-0.4, -0.2) is 6.21 Å². The predicted molar refractivity (Wildman–Crippen MR) is 44.2 cm³/mol. The molecule has 0 N–H and O–H groups in total. The van der Waals surface area contributed by atoms with Gasteiger partial charge in [-0.05, 0) is 11.6 Å². The molecule has 2 rings (SSSR count). The Bertz CT molecular complexity index is 284. The minimum atomic E-state index is 1.08. The molecule has 11 heavy (non-hydrogen) atoms. The first-order chi connectivity index (χ1) is 5.47. The van der Waals surface area contributed by atoms with Crippen LogP contribution in [0.15, 0.2) is 35.7 Å². The molecule has 0 spiro atoms. The number of rotatable bonds is 0. The number of fused-ring (bicyclic) bond motifs is 1. The van der Waals surface area contributed by atoms with E-state index < -0.39 is 0 Å². The summed E-state index contributed by atoms with van der Waals surface area (Å²) < 4.78 is 0. The zero-order valence-electron chi connectivity index (χ0n) is 5.90. The van der Waals surface area contributed by atoms with Crippen molar-refractivity contribution in [2.45, 2.75) is 0 Å². The molecule has 1 heterocycles. The maximum absolute atomic E-state index is 4.77. The quantitative estimate of drug-likeness (QED) is 0.547. The van der Waals surface area contributed by atoms with E-state index >= 15 is 0 Å². The van der Waals surface area contributed by atoms with Gasteiger partial charge < -0.3 is 4.84 Å². The molecule has 0 saturated heterocycles. The van der Waals surface area contributed by atoms with E-state index in [-0.39, 0.29) is 0 Å². The van der Waals surface area contributed by atoms with E-state index in [0.717, 1.165) is 11.1 Å². The van der Waals surface area contributed by atoms with Gasteiger partial charge in [0.05, 0.1) is 6.21 Å². The molecule has 0 amide bonds. The standard InChI is InChI=1S/C9H7NO/c1-2-4-9-7-10-11-6-5-8(9)3-1/h1-7H. The van der Waals surface area contributed by atoms with Gasteiger partial charge in [-0.25, -0.2) is 0 Å². The van der Waals surface area contributed by atoms with E-state index in [1.165, 1.54) is 0 Å². The van der Waals surface area contributed by atoms with Crippen molar-refractivity contribution in [3.8, 4) is 0 Å². The second-order valence-electron chi connectivity index (χ2n) is 2.27. The van der Waals surface area contributed by atoms with Crippen molar-refractivity contribution in [2.75, 3.05) is 0 Å². The first kappa shape index (κ1) is 6.16. The number of hydrogen-bond donors (Lipinski definition) is 0. The van der Waals surface area contributed by atoms with Crippen molar-refractivity contribution in [3.63, 3.8) is 0 Å². The maximum Gasteiger partial charge on any atom is 0.122 e. The molecule has 0 fully saturated rings. The molecule has 1 aliphatic heterocycles. The monoisotopic (exact) mass is 145 g/mol. The Balaban J connectivity index is 2.58. The van der Waals surface area contributed by atoms with Crippen LogP contribution in [0.1, 0.15) is 11.1 Å². The summed E-state index contributed by atoms with van der Waals surface area (Å²) in [6.45, 7) is 0. The van der Waals surface area contributed by atoms with Gasteiger partial charge in [0.1, 0.15) is 6.26 Å². The smallest absolute Gasteiger partial charge is 0.122 e. The summed E-state index contributed by atoms with van der Waals surface area (Å²) in [4.78, 5) is 4.77. The maximum atomic E-state index is 4.77. The highest BCUT2D eigenvalue weighted by atomic mass is 16.6. The van der Waals surface area contributed by atoms with Crippen molar-refractivity contribution in [2.24, 2.45) is 5.16 Å². The molecule has 1 aliphatic rings. The Morgan fingerprint density at radius 1 is 1.09 bits per heavy atom. The molecule has 1 aromatic rings. The summed E-state index contributed by atoms with van der Waals surface area (Å²) >= 11 is 0. The third-order valence-electron chi connectivity index (χ3n) is 1.56. The first-order valence-electron chi connectivity index (χ1n) is 3.41. The molecule has 0 bridgehead atoms. The molecule has 2 heteroatoms. The van der Waals surface area contributed by atoms with Crippen molar-refractivity contribution >= 4 is 12.3 Å². The summed E-state index contributed by atoms with van der Waals surface area (Å²) in [5.74, 6) is 0. The molecule has 0 radical (unpaired) electrons. The summed E-state index contributed by atoms with van der Waals surface area (Å²) in [6.07, 6.45) is 5.17. The van der Waals surface area contributed by atoms with E-state index in [2.05, 4.69) is 5.16 Å². The Labute approximate surface area is 64.8 Å². The second-order valence-corrected chi connectivity index (χ2v) is 2.27. The predicted octanol–water partition coefficient (Wildman–Crippen LogP) is 2.02. The average Bonchev–Trinajstić information content (AvgIpc) is 2.28. The van der Waals surface area contributed by atoms with Crippen LogP contribution in [0, 0.1) is 0 Å². The van der Waals surface area contributed by atoms with Crippen LogP contribution in [0.25, 0.3) is 6.08 Å². The van der Waals surface area contributed by atoms with Crippen LogP contribution in [0.4, 0.5) is 0 Å². The van der Waals surface area contributed by atoms with Gasteiger partial charge in [-0.15, -0.1) is 0 Å². The number of nitrogens with zero attached hydrogens (tertiary/aromatic N) is 1. The van der Waals surface area contributed by atoms with Gasteiger partial charge in [-0.1, -0.05) is 29.4 Å². The summed E-state index contributed by atoms with van der Waals surface area (Å²) in [5, 5.41) is 3.70. The van der Waals surface area contributed by atoms with Gasteiger partial charge in [-0.3, -0.25) is 0 Å². The SMILES string of the molecule is C1=Cc2ccccc2C=NO1. The molecule has 1 aromatic carbocycles. The molecule has 0 saturated carbocycles. The third kappa shape index (κ3) is 1.15. The second kappa shape index (κ2) is 2.58. The van der Waals surface area contributed by atoms with Crippen LogP contribution in [0.3, 0.4) is 0 Å². The molecule has 0 unspecified atom stereocenters. The van der Waals surface area contributed by atoms with Crippen LogP contribution in [0.2, 0.25) is 0 Å². The largest absolute Gasteiger partial charge is 0.365 e. The fraction of sp³-hybridized carbons (Fsp3) is 0. The van der Waals surface area contributed by atoms with E-state index in [1.807, 2.05) is 30.3 Å². The summed E-state index contributed by atoms with van der Waals surface area (Å²) in [5.41, 5.74) is 2.22. The lowest BCUT2D eigenvalue weighted by Crippen LogP contribution is -1.83. The van der Waals surface area contributed by atoms with Gasteiger partial charge in [0.15, 0.2) is 0 Å². The molecular formula is C9H7NO. The third-order valence-corrected chi connectivity index (χ3v) is 1.56.